The Kier molecular flexibility index (Phi) is 3.72. The quantitative estimate of drug-likeness (QED) is 0.589. The maximum atomic E-state index is 12.6. The van der Waals surface area contributed by atoms with Crippen LogP contribution in [0.15, 0.2) is 30.5 Å². The highest BCUT2D eigenvalue weighted by Crippen LogP contribution is 2.23. The third-order valence-electron chi connectivity index (χ3n) is 3.70. The Labute approximate surface area is 137 Å². The predicted molar refractivity (Wildman–Crippen MR) is 88.2 cm³/mol. The first-order valence-electron chi connectivity index (χ1n) is 7.25. The van der Waals surface area contributed by atoms with Gasteiger partial charge in [-0.15, -0.1) is 0 Å². The van der Waals surface area contributed by atoms with Crippen molar-refractivity contribution in [3.8, 4) is 0 Å². The molecule has 0 atom stereocenters. The van der Waals surface area contributed by atoms with Gasteiger partial charge in [-0.2, -0.15) is 5.10 Å². The number of hydrogen-bond donors (Lipinski definition) is 1. The molecule has 0 unspecified atom stereocenters. The summed E-state index contributed by atoms with van der Waals surface area (Å²) in [6, 6.07) is 6.19. The summed E-state index contributed by atoms with van der Waals surface area (Å²) in [6.07, 6.45) is 1.44. The van der Waals surface area contributed by atoms with Crippen LogP contribution in [-0.4, -0.2) is 25.4 Å². The van der Waals surface area contributed by atoms with Crippen molar-refractivity contribution < 1.29 is 9.72 Å². The third-order valence-corrected chi connectivity index (χ3v) is 3.70. The van der Waals surface area contributed by atoms with Crippen molar-refractivity contribution in [3.63, 3.8) is 0 Å². The first-order valence-corrected chi connectivity index (χ1v) is 7.25. The van der Waals surface area contributed by atoms with Crippen molar-refractivity contribution in [1.82, 2.24) is 14.6 Å². The Hall–Kier alpha value is -3.29. The first-order chi connectivity index (χ1) is 11.4. The largest absolute Gasteiger partial charge is 0.321 e. The van der Waals surface area contributed by atoms with Gasteiger partial charge in [0.1, 0.15) is 5.56 Å². The van der Waals surface area contributed by atoms with E-state index in [9.17, 15) is 14.9 Å². The number of nitro benzene ring substituents is 1. The summed E-state index contributed by atoms with van der Waals surface area (Å²) in [5.41, 5.74) is 3.44. The van der Waals surface area contributed by atoms with Crippen molar-refractivity contribution in [2.45, 2.75) is 20.8 Å². The molecule has 1 aromatic carbocycles. The topological polar surface area (TPSA) is 102 Å². The molecule has 0 aliphatic heterocycles. The number of amides is 1. The monoisotopic (exact) mass is 325 g/mol. The number of non-ortho nitro benzene ring substituents is 1. The summed E-state index contributed by atoms with van der Waals surface area (Å²) >= 11 is 0. The van der Waals surface area contributed by atoms with Crippen LogP contribution in [0.3, 0.4) is 0 Å². The van der Waals surface area contributed by atoms with Gasteiger partial charge in [-0.05, 0) is 32.4 Å². The third kappa shape index (κ3) is 2.69. The Balaban J connectivity index is 1.99. The van der Waals surface area contributed by atoms with E-state index in [1.807, 2.05) is 19.9 Å². The average molecular weight is 325 g/mol. The van der Waals surface area contributed by atoms with Gasteiger partial charge in [-0.3, -0.25) is 14.9 Å². The van der Waals surface area contributed by atoms with Crippen LogP contribution in [0.25, 0.3) is 5.65 Å². The summed E-state index contributed by atoms with van der Waals surface area (Å²) in [4.78, 5) is 27.3. The zero-order valence-corrected chi connectivity index (χ0v) is 13.4. The molecule has 0 saturated heterocycles. The zero-order chi connectivity index (χ0) is 17.4. The number of hydrogen-bond acceptors (Lipinski definition) is 5. The van der Waals surface area contributed by atoms with E-state index in [2.05, 4.69) is 15.4 Å². The minimum atomic E-state index is -0.501. The molecule has 3 aromatic rings. The molecule has 1 amide bonds. The number of rotatable bonds is 3. The number of carbonyl (C=O) groups excluding carboxylic acids is 1. The number of aromatic nitrogens is 3. The fourth-order valence-electron chi connectivity index (χ4n) is 2.48. The number of carbonyl (C=O) groups is 1. The number of benzene rings is 1. The molecule has 122 valence electrons. The molecule has 0 spiro atoms. The molecule has 24 heavy (non-hydrogen) atoms. The van der Waals surface area contributed by atoms with Crippen LogP contribution in [0.1, 0.15) is 27.3 Å². The number of nitrogens with zero attached hydrogens (tertiary/aromatic N) is 4. The summed E-state index contributed by atoms with van der Waals surface area (Å²) in [5.74, 6) is -0.411. The van der Waals surface area contributed by atoms with Crippen molar-refractivity contribution in [1.29, 1.82) is 0 Å². The van der Waals surface area contributed by atoms with Gasteiger partial charge in [0.15, 0.2) is 5.65 Å². The van der Waals surface area contributed by atoms with E-state index in [1.165, 1.54) is 18.3 Å². The van der Waals surface area contributed by atoms with E-state index >= 15 is 0 Å². The number of nitro groups is 1. The smallest absolute Gasteiger partial charge is 0.271 e. The van der Waals surface area contributed by atoms with Crippen molar-refractivity contribution >= 4 is 22.9 Å². The Morgan fingerprint density at radius 1 is 1.25 bits per heavy atom. The fraction of sp³-hybridized carbons (Fsp3) is 0.188. The van der Waals surface area contributed by atoms with Crippen LogP contribution in [-0.2, 0) is 0 Å². The summed E-state index contributed by atoms with van der Waals surface area (Å²) in [6.45, 7) is 5.48. The Morgan fingerprint density at radius 2 is 2.00 bits per heavy atom. The number of aryl methyl sites for hydroxylation is 3. The number of anilines is 1. The van der Waals surface area contributed by atoms with Crippen molar-refractivity contribution in [3.05, 3.63) is 63.1 Å². The highest BCUT2D eigenvalue weighted by atomic mass is 16.6. The van der Waals surface area contributed by atoms with Crippen LogP contribution in [0.5, 0.6) is 0 Å². The SMILES string of the molecule is Cc1cc(C)n2ncc(C(=O)Nc3cc([N+](=O)[O-])ccc3C)c2n1. The molecule has 0 bridgehead atoms. The van der Waals surface area contributed by atoms with Gasteiger partial charge in [0.05, 0.1) is 16.8 Å². The van der Waals surface area contributed by atoms with Crippen LogP contribution in [0, 0.1) is 30.9 Å². The highest BCUT2D eigenvalue weighted by Gasteiger charge is 2.17. The van der Waals surface area contributed by atoms with E-state index in [-0.39, 0.29) is 5.69 Å². The van der Waals surface area contributed by atoms with E-state index in [4.69, 9.17) is 0 Å². The second-order valence-electron chi connectivity index (χ2n) is 5.54. The van der Waals surface area contributed by atoms with Crippen LogP contribution in [0.4, 0.5) is 11.4 Å². The van der Waals surface area contributed by atoms with E-state index in [0.717, 1.165) is 17.0 Å². The average Bonchev–Trinajstić information content (AvgIpc) is 2.93. The lowest BCUT2D eigenvalue weighted by Gasteiger charge is -2.08. The Bertz CT molecular complexity index is 977. The van der Waals surface area contributed by atoms with Crippen molar-refractivity contribution in [2.75, 3.05) is 5.32 Å². The lowest BCUT2D eigenvalue weighted by Crippen LogP contribution is -2.13. The molecule has 1 N–H and O–H groups in total. The second-order valence-corrected chi connectivity index (χ2v) is 5.54. The molecule has 2 aromatic heterocycles. The highest BCUT2D eigenvalue weighted by molar-refractivity contribution is 6.08. The molecular weight excluding hydrogens is 310 g/mol. The predicted octanol–water partition coefficient (Wildman–Crippen LogP) is 2.82. The minimum Gasteiger partial charge on any atom is -0.321 e. The van der Waals surface area contributed by atoms with Gasteiger partial charge in [-0.1, -0.05) is 6.07 Å². The summed E-state index contributed by atoms with van der Waals surface area (Å²) in [7, 11) is 0. The summed E-state index contributed by atoms with van der Waals surface area (Å²) < 4.78 is 1.59. The maximum absolute atomic E-state index is 12.6. The zero-order valence-electron chi connectivity index (χ0n) is 13.4. The number of nitrogens with one attached hydrogen (secondary N) is 1. The first kappa shape index (κ1) is 15.6. The standard InChI is InChI=1S/C16H15N5O3/c1-9-4-5-12(21(23)24)7-14(9)19-16(22)13-8-17-20-11(3)6-10(2)18-15(13)20/h4-8H,1-3H3,(H,19,22). The van der Waals surface area contributed by atoms with Crippen LogP contribution < -0.4 is 5.32 Å². The van der Waals surface area contributed by atoms with E-state index in [0.29, 0.717) is 16.9 Å². The maximum Gasteiger partial charge on any atom is 0.271 e. The van der Waals surface area contributed by atoms with Gasteiger partial charge in [0.2, 0.25) is 0 Å². The van der Waals surface area contributed by atoms with Crippen LogP contribution in [0.2, 0.25) is 0 Å². The lowest BCUT2D eigenvalue weighted by molar-refractivity contribution is -0.384. The van der Waals surface area contributed by atoms with E-state index < -0.39 is 10.8 Å². The fourth-order valence-corrected chi connectivity index (χ4v) is 2.48. The molecule has 0 aliphatic carbocycles. The van der Waals surface area contributed by atoms with Crippen molar-refractivity contribution in [2.24, 2.45) is 0 Å². The molecule has 0 saturated carbocycles. The van der Waals surface area contributed by atoms with Gasteiger partial charge in [-0.25, -0.2) is 9.50 Å². The van der Waals surface area contributed by atoms with Gasteiger partial charge in [0, 0.05) is 23.5 Å². The van der Waals surface area contributed by atoms with Gasteiger partial charge in [0.25, 0.3) is 11.6 Å². The van der Waals surface area contributed by atoms with Gasteiger partial charge < -0.3 is 5.32 Å². The molecule has 8 heteroatoms. The lowest BCUT2D eigenvalue weighted by atomic mass is 10.1. The molecule has 2 heterocycles. The Morgan fingerprint density at radius 3 is 2.71 bits per heavy atom. The number of fused-ring (bicyclic) bond motifs is 1. The summed E-state index contributed by atoms with van der Waals surface area (Å²) in [5, 5.41) is 17.8. The second kappa shape index (κ2) is 5.73. The normalized spacial score (nSPS) is 10.8. The molecule has 0 radical (unpaired) electrons. The van der Waals surface area contributed by atoms with Crippen LogP contribution >= 0.6 is 0 Å². The molecule has 8 nitrogen and oxygen atoms in total. The molecule has 3 rings (SSSR count). The minimum absolute atomic E-state index is 0.0828. The molecule has 0 aliphatic rings. The van der Waals surface area contributed by atoms with Gasteiger partial charge >= 0.3 is 0 Å². The molecule has 0 fully saturated rings. The molecular formula is C16H15N5O3. The van der Waals surface area contributed by atoms with E-state index in [1.54, 1.807) is 17.5 Å².